The van der Waals surface area contributed by atoms with Crippen LogP contribution in [-0.2, 0) is 14.6 Å². The van der Waals surface area contributed by atoms with Crippen molar-refractivity contribution in [2.24, 2.45) is 0 Å². The van der Waals surface area contributed by atoms with Gasteiger partial charge in [0, 0.05) is 18.4 Å². The van der Waals surface area contributed by atoms with Gasteiger partial charge in [-0.2, -0.15) is 0 Å². The summed E-state index contributed by atoms with van der Waals surface area (Å²) in [4.78, 5) is 29.4. The Morgan fingerprint density at radius 3 is 1.90 bits per heavy atom. The third-order valence-corrected chi connectivity index (χ3v) is 3.39. The van der Waals surface area contributed by atoms with E-state index in [2.05, 4.69) is 0 Å². The maximum absolute atomic E-state index is 11.4. The Balaban J connectivity index is 3.62. The number of carbonyl (C=O) groups is 1. The molecular formula is C9H8N3O8S-. The number of hydrogen-bond acceptors (Lipinski definition) is 9. The van der Waals surface area contributed by atoms with Crippen LogP contribution >= 0.6 is 0 Å². The van der Waals surface area contributed by atoms with Gasteiger partial charge in [0.1, 0.15) is 0 Å². The fraction of sp³-hybridized carbons (Fsp3) is 0.222. The van der Waals surface area contributed by atoms with Crippen LogP contribution in [0.5, 0.6) is 0 Å². The fourth-order valence-corrected chi connectivity index (χ4v) is 2.08. The summed E-state index contributed by atoms with van der Waals surface area (Å²) in [6.45, 7) is -0.917. The summed E-state index contributed by atoms with van der Waals surface area (Å²) < 4.78 is 22.8. The number of nitrogens with one attached hydrogen (secondary N) is 1. The van der Waals surface area contributed by atoms with Crippen LogP contribution in [0.2, 0.25) is 0 Å². The van der Waals surface area contributed by atoms with E-state index in [1.54, 1.807) is 0 Å². The minimum atomic E-state index is -3.93. The molecule has 0 saturated heterocycles. The standard InChI is InChI=1S/C9H9N3O8S/c1-21(19,20)5-2-6(11(15)16)9(10-4-8(13)14)7(3-5)12(17)18/h2-3,10H,4H2,1H3,(H,13,14)/p-1. The second-order valence-electron chi connectivity index (χ2n) is 3.85. The van der Waals surface area contributed by atoms with E-state index in [0.29, 0.717) is 12.1 Å². The zero-order chi connectivity index (χ0) is 16.4. The van der Waals surface area contributed by atoms with Crippen molar-refractivity contribution in [1.82, 2.24) is 0 Å². The first-order valence-corrected chi connectivity index (χ1v) is 7.03. The summed E-state index contributed by atoms with van der Waals surface area (Å²) in [6.07, 6.45) is 0.726. The molecule has 0 unspecified atom stereocenters. The van der Waals surface area contributed by atoms with Crippen LogP contribution in [0.1, 0.15) is 0 Å². The number of hydrogen-bond donors (Lipinski definition) is 1. The van der Waals surface area contributed by atoms with Gasteiger partial charge in [-0.15, -0.1) is 0 Å². The lowest BCUT2D eigenvalue weighted by Gasteiger charge is -2.09. The lowest BCUT2D eigenvalue weighted by Crippen LogP contribution is -2.30. The highest BCUT2D eigenvalue weighted by atomic mass is 32.2. The predicted molar refractivity (Wildman–Crippen MR) is 66.4 cm³/mol. The number of carboxylic acid groups (broad SMARTS) is 1. The van der Waals surface area contributed by atoms with Gasteiger partial charge in [0.2, 0.25) is 0 Å². The van der Waals surface area contributed by atoms with E-state index in [9.17, 15) is 38.5 Å². The van der Waals surface area contributed by atoms with Gasteiger partial charge in [-0.05, 0) is 0 Å². The fourth-order valence-electron chi connectivity index (χ4n) is 1.43. The molecule has 0 radical (unpaired) electrons. The van der Waals surface area contributed by atoms with E-state index in [0.717, 1.165) is 6.26 Å². The molecule has 1 N–H and O–H groups in total. The highest BCUT2D eigenvalue weighted by Crippen LogP contribution is 2.36. The maximum Gasteiger partial charge on any atom is 0.300 e. The molecule has 0 aliphatic carbocycles. The minimum absolute atomic E-state index is 0.611. The molecule has 11 nitrogen and oxygen atoms in total. The molecule has 0 spiro atoms. The Morgan fingerprint density at radius 2 is 1.62 bits per heavy atom. The van der Waals surface area contributed by atoms with Gasteiger partial charge in [-0.3, -0.25) is 20.2 Å². The first-order valence-electron chi connectivity index (χ1n) is 5.14. The second kappa shape index (κ2) is 5.70. The van der Waals surface area contributed by atoms with Gasteiger partial charge in [-0.1, -0.05) is 0 Å². The normalized spacial score (nSPS) is 10.9. The summed E-state index contributed by atoms with van der Waals surface area (Å²) in [5.74, 6) is -1.65. The number of aliphatic carboxylic acids is 1. The van der Waals surface area contributed by atoms with Crippen molar-refractivity contribution >= 4 is 32.9 Å². The smallest absolute Gasteiger partial charge is 0.300 e. The monoisotopic (exact) mass is 318 g/mol. The zero-order valence-corrected chi connectivity index (χ0v) is 11.2. The van der Waals surface area contributed by atoms with Crippen molar-refractivity contribution < 1.29 is 28.2 Å². The highest BCUT2D eigenvalue weighted by Gasteiger charge is 2.29. The molecule has 114 valence electrons. The van der Waals surface area contributed by atoms with E-state index < -0.39 is 54.2 Å². The summed E-state index contributed by atoms with van der Waals surface area (Å²) in [5.41, 5.74) is -2.56. The third kappa shape index (κ3) is 3.85. The van der Waals surface area contributed by atoms with Crippen LogP contribution in [0.3, 0.4) is 0 Å². The summed E-state index contributed by atoms with van der Waals surface area (Å²) in [7, 11) is -3.93. The van der Waals surface area contributed by atoms with Crippen molar-refractivity contribution in [3.05, 3.63) is 32.4 Å². The van der Waals surface area contributed by atoms with Gasteiger partial charge in [-0.25, -0.2) is 8.42 Å². The number of benzene rings is 1. The van der Waals surface area contributed by atoms with Gasteiger partial charge in [0.25, 0.3) is 0 Å². The third-order valence-electron chi connectivity index (χ3n) is 2.30. The Kier molecular flexibility index (Phi) is 4.42. The van der Waals surface area contributed by atoms with E-state index >= 15 is 0 Å². The number of anilines is 1. The molecule has 1 aromatic rings. The van der Waals surface area contributed by atoms with Crippen molar-refractivity contribution in [1.29, 1.82) is 0 Å². The molecular weight excluding hydrogens is 310 g/mol. The molecule has 0 aliphatic heterocycles. The van der Waals surface area contributed by atoms with Crippen LogP contribution in [0.25, 0.3) is 0 Å². The quantitative estimate of drug-likeness (QED) is 0.513. The number of carbonyl (C=O) groups excluding carboxylic acids is 1. The maximum atomic E-state index is 11.4. The molecule has 1 aromatic carbocycles. The lowest BCUT2D eigenvalue weighted by molar-refractivity contribution is -0.392. The number of rotatable bonds is 6. The molecule has 0 aromatic heterocycles. The van der Waals surface area contributed by atoms with E-state index in [1.807, 2.05) is 5.32 Å². The summed E-state index contributed by atoms with van der Waals surface area (Å²) in [5, 5.41) is 34.1. The first kappa shape index (κ1) is 16.3. The summed E-state index contributed by atoms with van der Waals surface area (Å²) >= 11 is 0. The summed E-state index contributed by atoms with van der Waals surface area (Å²) in [6, 6.07) is 1.22. The van der Waals surface area contributed by atoms with Gasteiger partial charge in [0.15, 0.2) is 15.5 Å². The molecule has 0 aliphatic rings. The Labute approximate surface area is 117 Å². The van der Waals surface area contributed by atoms with Crippen molar-refractivity contribution in [3.8, 4) is 0 Å². The van der Waals surface area contributed by atoms with Crippen LogP contribution in [-0.4, -0.2) is 37.0 Å². The van der Waals surface area contributed by atoms with Gasteiger partial charge < -0.3 is 15.2 Å². The number of nitrogens with zero attached hydrogens (tertiary/aromatic N) is 2. The lowest BCUT2D eigenvalue weighted by atomic mass is 10.2. The molecule has 21 heavy (non-hydrogen) atoms. The average molecular weight is 318 g/mol. The van der Waals surface area contributed by atoms with Crippen LogP contribution in [0.15, 0.2) is 17.0 Å². The predicted octanol–water partition coefficient (Wildman–Crippen LogP) is -0.932. The van der Waals surface area contributed by atoms with E-state index in [1.165, 1.54) is 0 Å². The van der Waals surface area contributed by atoms with Crippen molar-refractivity contribution in [3.63, 3.8) is 0 Å². The highest BCUT2D eigenvalue weighted by molar-refractivity contribution is 7.90. The number of carboxylic acids is 1. The second-order valence-corrected chi connectivity index (χ2v) is 5.86. The largest absolute Gasteiger partial charge is 0.548 e. The number of sulfone groups is 1. The molecule has 0 fully saturated rings. The van der Waals surface area contributed by atoms with Gasteiger partial charge in [0.05, 0.1) is 27.3 Å². The average Bonchev–Trinajstić information content (AvgIpc) is 2.33. The topological polar surface area (TPSA) is 173 Å². The molecule has 12 heteroatoms. The SMILES string of the molecule is CS(=O)(=O)c1cc([N+](=O)[O-])c(NCC(=O)[O-])c([N+](=O)[O-])c1. The molecule has 0 amide bonds. The zero-order valence-electron chi connectivity index (χ0n) is 10.4. The van der Waals surface area contributed by atoms with Gasteiger partial charge >= 0.3 is 11.4 Å². The molecule has 0 heterocycles. The van der Waals surface area contributed by atoms with Crippen LogP contribution in [0.4, 0.5) is 17.1 Å². The number of nitro benzene ring substituents is 2. The Hall–Kier alpha value is -2.76. The van der Waals surface area contributed by atoms with E-state index in [4.69, 9.17) is 0 Å². The van der Waals surface area contributed by atoms with Crippen LogP contribution < -0.4 is 10.4 Å². The Morgan fingerprint density at radius 1 is 1.19 bits per heavy atom. The van der Waals surface area contributed by atoms with Crippen molar-refractivity contribution in [2.45, 2.75) is 4.90 Å². The molecule has 0 saturated carbocycles. The van der Waals surface area contributed by atoms with Crippen LogP contribution in [0, 0.1) is 20.2 Å². The molecule has 1 rings (SSSR count). The first-order chi connectivity index (χ1) is 9.54. The number of nitro groups is 2. The molecule has 0 bridgehead atoms. The Bertz CT molecular complexity index is 692. The van der Waals surface area contributed by atoms with Crippen molar-refractivity contribution in [2.75, 3.05) is 18.1 Å². The minimum Gasteiger partial charge on any atom is -0.548 e. The molecule has 0 atom stereocenters. The van der Waals surface area contributed by atoms with E-state index in [-0.39, 0.29) is 0 Å².